The van der Waals surface area contributed by atoms with Crippen molar-refractivity contribution in [1.29, 1.82) is 0 Å². The molecular weight excluding hydrogens is 246 g/mol. The lowest BCUT2D eigenvalue weighted by atomic mass is 10.1. The molecule has 0 amide bonds. The molecule has 2 aromatic heterocycles. The van der Waals surface area contributed by atoms with Gasteiger partial charge in [0, 0.05) is 14.5 Å². The van der Waals surface area contributed by atoms with Gasteiger partial charge in [0.2, 0.25) is 0 Å². The highest BCUT2D eigenvalue weighted by atomic mass is 32.1. The number of benzene rings is 1. The van der Waals surface area contributed by atoms with Crippen LogP contribution < -0.4 is 5.73 Å². The van der Waals surface area contributed by atoms with E-state index >= 15 is 0 Å². The maximum absolute atomic E-state index is 6.35. The Labute approximate surface area is 109 Å². The van der Waals surface area contributed by atoms with Crippen LogP contribution in [0.1, 0.15) is 21.4 Å². The topological polar surface area (TPSA) is 26.0 Å². The van der Waals surface area contributed by atoms with Crippen LogP contribution >= 0.6 is 22.7 Å². The van der Waals surface area contributed by atoms with Gasteiger partial charge in [-0.1, -0.05) is 18.2 Å². The predicted octanol–water partition coefficient (Wildman–Crippen LogP) is 4.32. The molecule has 0 aliphatic rings. The smallest absolute Gasteiger partial charge is 0.0743 e. The molecular formula is C14H13NS2. The quantitative estimate of drug-likeness (QED) is 0.728. The zero-order chi connectivity index (χ0) is 11.8. The molecule has 0 spiro atoms. The average Bonchev–Trinajstić information content (AvgIpc) is 2.93. The molecule has 2 N–H and O–H groups in total. The number of nitrogens with two attached hydrogens (primary N) is 1. The third-order valence-corrected chi connectivity index (χ3v) is 5.24. The number of rotatable bonds is 2. The highest BCUT2D eigenvalue weighted by molar-refractivity contribution is 7.19. The largest absolute Gasteiger partial charge is 0.319 e. The minimum absolute atomic E-state index is 0.0207. The van der Waals surface area contributed by atoms with Crippen LogP contribution in [0, 0.1) is 6.92 Å². The van der Waals surface area contributed by atoms with E-state index < -0.39 is 0 Å². The maximum atomic E-state index is 6.35. The lowest BCUT2D eigenvalue weighted by Gasteiger charge is -2.08. The van der Waals surface area contributed by atoms with Gasteiger partial charge in [0.05, 0.1) is 6.04 Å². The summed E-state index contributed by atoms with van der Waals surface area (Å²) in [5.41, 5.74) is 7.64. The number of aryl methyl sites for hydroxylation is 1. The maximum Gasteiger partial charge on any atom is 0.0743 e. The van der Waals surface area contributed by atoms with Crippen LogP contribution in [-0.4, -0.2) is 0 Å². The van der Waals surface area contributed by atoms with Gasteiger partial charge in [0.25, 0.3) is 0 Å². The number of hydrogen-bond donors (Lipinski definition) is 1. The van der Waals surface area contributed by atoms with E-state index in [9.17, 15) is 0 Å². The van der Waals surface area contributed by atoms with Crippen molar-refractivity contribution in [3.8, 4) is 0 Å². The molecule has 0 radical (unpaired) electrons. The summed E-state index contributed by atoms with van der Waals surface area (Å²) in [5.74, 6) is 0. The lowest BCUT2D eigenvalue weighted by molar-refractivity contribution is 0.909. The Morgan fingerprint density at radius 2 is 2.00 bits per heavy atom. The van der Waals surface area contributed by atoms with E-state index in [1.807, 2.05) is 0 Å². The molecule has 86 valence electrons. The summed E-state index contributed by atoms with van der Waals surface area (Å²) in [6.45, 7) is 2.12. The Morgan fingerprint density at radius 1 is 1.18 bits per heavy atom. The van der Waals surface area contributed by atoms with E-state index in [2.05, 4.69) is 48.7 Å². The molecule has 0 saturated heterocycles. The molecule has 0 bridgehead atoms. The van der Waals surface area contributed by atoms with Crippen molar-refractivity contribution in [3.63, 3.8) is 0 Å². The van der Waals surface area contributed by atoms with E-state index in [0.717, 1.165) is 0 Å². The molecule has 3 heteroatoms. The van der Waals surface area contributed by atoms with Crippen LogP contribution in [0.3, 0.4) is 0 Å². The van der Waals surface area contributed by atoms with Gasteiger partial charge in [-0.05, 0) is 41.5 Å². The summed E-state index contributed by atoms with van der Waals surface area (Å²) in [4.78, 5) is 2.52. The van der Waals surface area contributed by atoms with Crippen molar-refractivity contribution in [1.82, 2.24) is 0 Å². The Kier molecular flexibility index (Phi) is 2.74. The van der Waals surface area contributed by atoms with E-state index in [4.69, 9.17) is 5.73 Å². The second kappa shape index (κ2) is 4.26. The van der Waals surface area contributed by atoms with Gasteiger partial charge in [-0.2, -0.15) is 0 Å². The van der Waals surface area contributed by atoms with Gasteiger partial charge in [-0.25, -0.2) is 0 Å². The zero-order valence-electron chi connectivity index (χ0n) is 9.51. The third kappa shape index (κ3) is 1.90. The molecule has 17 heavy (non-hydrogen) atoms. The van der Waals surface area contributed by atoms with Crippen molar-refractivity contribution in [2.75, 3.05) is 0 Å². The van der Waals surface area contributed by atoms with Gasteiger partial charge in [0.15, 0.2) is 0 Å². The fourth-order valence-corrected chi connectivity index (χ4v) is 4.08. The van der Waals surface area contributed by atoms with E-state index in [1.165, 1.54) is 25.4 Å². The van der Waals surface area contributed by atoms with Crippen LogP contribution in [0.5, 0.6) is 0 Å². The molecule has 1 atom stereocenters. The van der Waals surface area contributed by atoms with Crippen molar-refractivity contribution in [3.05, 3.63) is 57.1 Å². The number of hydrogen-bond acceptors (Lipinski definition) is 3. The highest BCUT2D eigenvalue weighted by Crippen LogP contribution is 2.34. The molecule has 2 heterocycles. The van der Waals surface area contributed by atoms with Gasteiger partial charge in [-0.3, -0.25) is 0 Å². The summed E-state index contributed by atoms with van der Waals surface area (Å²) in [7, 11) is 0. The van der Waals surface area contributed by atoms with E-state index in [-0.39, 0.29) is 6.04 Å². The molecule has 3 rings (SSSR count). The van der Waals surface area contributed by atoms with Gasteiger partial charge < -0.3 is 5.73 Å². The first-order valence-electron chi connectivity index (χ1n) is 5.54. The lowest BCUT2D eigenvalue weighted by Crippen LogP contribution is -2.09. The Morgan fingerprint density at radius 3 is 2.71 bits per heavy atom. The van der Waals surface area contributed by atoms with Crippen molar-refractivity contribution >= 4 is 32.8 Å². The molecule has 1 nitrogen and oxygen atoms in total. The van der Waals surface area contributed by atoms with Crippen LogP contribution in [-0.2, 0) is 0 Å². The van der Waals surface area contributed by atoms with Crippen molar-refractivity contribution in [2.45, 2.75) is 13.0 Å². The summed E-state index contributed by atoms with van der Waals surface area (Å²) < 4.78 is 1.31. The standard InChI is InChI=1S/C14H13NS2/c1-9-6-7-16-14(9)13(15)12-8-10-4-2-3-5-11(10)17-12/h2-8,13H,15H2,1H3. The van der Waals surface area contributed by atoms with Crippen LogP contribution in [0.4, 0.5) is 0 Å². The zero-order valence-corrected chi connectivity index (χ0v) is 11.1. The van der Waals surface area contributed by atoms with Crippen LogP contribution in [0.15, 0.2) is 41.8 Å². The highest BCUT2D eigenvalue weighted by Gasteiger charge is 2.15. The van der Waals surface area contributed by atoms with E-state index in [0.29, 0.717) is 0 Å². The first-order chi connectivity index (χ1) is 8.25. The fourth-order valence-electron chi connectivity index (χ4n) is 1.99. The predicted molar refractivity (Wildman–Crippen MR) is 76.9 cm³/mol. The first-order valence-corrected chi connectivity index (χ1v) is 7.23. The second-order valence-corrected chi connectivity index (χ2v) is 6.20. The Balaban J connectivity index is 2.07. The normalized spacial score (nSPS) is 13.1. The second-order valence-electron chi connectivity index (χ2n) is 4.13. The molecule has 0 fully saturated rings. The minimum Gasteiger partial charge on any atom is -0.319 e. The number of thiophene rings is 2. The number of fused-ring (bicyclic) bond motifs is 1. The summed E-state index contributed by atoms with van der Waals surface area (Å²) in [6.07, 6.45) is 0. The van der Waals surface area contributed by atoms with Gasteiger partial charge in [-0.15, -0.1) is 22.7 Å². The molecule has 3 aromatic rings. The van der Waals surface area contributed by atoms with Gasteiger partial charge in [0.1, 0.15) is 0 Å². The van der Waals surface area contributed by atoms with Crippen molar-refractivity contribution < 1.29 is 0 Å². The molecule has 0 aliphatic heterocycles. The SMILES string of the molecule is Cc1ccsc1C(N)c1cc2ccccc2s1. The Hall–Kier alpha value is -1.16. The van der Waals surface area contributed by atoms with Crippen LogP contribution in [0.2, 0.25) is 0 Å². The minimum atomic E-state index is 0.0207. The summed E-state index contributed by atoms with van der Waals surface area (Å²) >= 11 is 3.54. The van der Waals surface area contributed by atoms with E-state index in [1.54, 1.807) is 22.7 Å². The first kappa shape index (κ1) is 11.0. The van der Waals surface area contributed by atoms with Gasteiger partial charge >= 0.3 is 0 Å². The third-order valence-electron chi connectivity index (χ3n) is 2.94. The fraction of sp³-hybridized carbons (Fsp3) is 0.143. The average molecular weight is 259 g/mol. The molecule has 1 unspecified atom stereocenters. The molecule has 0 aliphatic carbocycles. The van der Waals surface area contributed by atoms with Crippen LogP contribution in [0.25, 0.3) is 10.1 Å². The summed E-state index contributed by atoms with van der Waals surface area (Å²) in [6, 6.07) is 12.8. The Bertz CT molecular complexity index is 618. The summed E-state index contributed by atoms with van der Waals surface area (Å²) in [5, 5.41) is 3.40. The molecule has 1 aromatic carbocycles. The monoisotopic (exact) mass is 259 g/mol. The molecule has 0 saturated carbocycles. The van der Waals surface area contributed by atoms with Crippen molar-refractivity contribution in [2.24, 2.45) is 5.73 Å².